The van der Waals surface area contributed by atoms with Gasteiger partial charge in [0.25, 0.3) is 0 Å². The lowest BCUT2D eigenvalue weighted by molar-refractivity contribution is -0.136. The van der Waals surface area contributed by atoms with Gasteiger partial charge in [-0.15, -0.1) is 0 Å². The van der Waals surface area contributed by atoms with Crippen molar-refractivity contribution in [3.8, 4) is 5.75 Å². The van der Waals surface area contributed by atoms with Crippen LogP contribution in [0.5, 0.6) is 5.75 Å². The summed E-state index contributed by atoms with van der Waals surface area (Å²) < 4.78 is 18.3. The van der Waals surface area contributed by atoms with Crippen LogP contribution in [-0.4, -0.2) is 20.5 Å². The molecule has 140 valence electrons. The van der Waals surface area contributed by atoms with Gasteiger partial charge in [-0.1, -0.05) is 62.9 Å². The molecule has 26 heavy (non-hydrogen) atoms. The Labute approximate surface area is 157 Å². The van der Waals surface area contributed by atoms with Crippen LogP contribution in [0.2, 0.25) is 0 Å². The van der Waals surface area contributed by atoms with E-state index in [-0.39, 0.29) is 0 Å². The lowest BCUT2D eigenvalue weighted by atomic mass is 10.1. The van der Waals surface area contributed by atoms with Crippen LogP contribution >= 0.6 is 0 Å². The summed E-state index contributed by atoms with van der Waals surface area (Å²) in [6.45, 7) is 2.56. The van der Waals surface area contributed by atoms with Crippen molar-refractivity contribution >= 4 is 16.8 Å². The van der Waals surface area contributed by atoms with E-state index < -0.39 is 22.0 Å². The van der Waals surface area contributed by atoms with Crippen molar-refractivity contribution in [3.05, 3.63) is 60.2 Å². The van der Waals surface area contributed by atoms with Crippen LogP contribution in [0.4, 0.5) is 0 Å². The van der Waals surface area contributed by atoms with Crippen molar-refractivity contribution in [2.24, 2.45) is 0 Å². The number of benzene rings is 2. The topological polar surface area (TPSA) is 63.6 Å². The minimum absolute atomic E-state index is 0.439. The fourth-order valence-electron chi connectivity index (χ4n) is 2.65. The molecule has 0 radical (unpaired) electrons. The summed E-state index contributed by atoms with van der Waals surface area (Å²) in [6, 6.07) is 16.7. The van der Waals surface area contributed by atoms with E-state index >= 15 is 0 Å². The summed E-state index contributed by atoms with van der Waals surface area (Å²) in [6.07, 6.45) is 4.37. The maximum absolute atomic E-state index is 12.6. The molecule has 2 aromatic rings. The molecule has 0 saturated carbocycles. The first-order valence-corrected chi connectivity index (χ1v) is 10.2. The van der Waals surface area contributed by atoms with Crippen LogP contribution in [-0.2, 0) is 22.2 Å². The molecule has 0 heterocycles. The second-order valence-electron chi connectivity index (χ2n) is 6.22. The van der Waals surface area contributed by atoms with Crippen LogP contribution in [0.25, 0.3) is 0 Å². The number of carboxylic acid groups (broad SMARTS) is 1. The number of unbranched alkanes of at least 4 members (excludes halogenated alkanes) is 3. The number of hydrogen-bond donors (Lipinski definition) is 1. The van der Waals surface area contributed by atoms with Gasteiger partial charge in [0.1, 0.15) is 17.6 Å². The van der Waals surface area contributed by atoms with Crippen LogP contribution in [0.3, 0.4) is 0 Å². The molecule has 0 spiro atoms. The lowest BCUT2D eigenvalue weighted by Gasteiger charge is -2.13. The van der Waals surface area contributed by atoms with Crippen molar-refractivity contribution in [3.63, 3.8) is 0 Å². The van der Waals surface area contributed by atoms with Crippen molar-refractivity contribution in [2.45, 2.75) is 55.8 Å². The third-order valence-corrected chi connectivity index (χ3v) is 5.85. The van der Waals surface area contributed by atoms with Gasteiger partial charge in [-0.2, -0.15) is 0 Å². The summed E-state index contributed by atoms with van der Waals surface area (Å²) in [4.78, 5) is 12.0. The second-order valence-corrected chi connectivity index (χ2v) is 7.85. The zero-order chi connectivity index (χ0) is 18.8. The first-order valence-electron chi connectivity index (χ1n) is 9.02. The third-order valence-electron chi connectivity index (χ3n) is 4.16. The molecule has 2 aromatic carbocycles. The van der Waals surface area contributed by atoms with E-state index in [1.165, 1.54) is 0 Å². The molecule has 0 saturated heterocycles. The van der Waals surface area contributed by atoms with Crippen LogP contribution in [0, 0.1) is 0 Å². The summed E-state index contributed by atoms with van der Waals surface area (Å²) in [5.41, 5.74) is 1.07. The maximum atomic E-state index is 12.6. The predicted octanol–water partition coefficient (Wildman–Crippen LogP) is 4.80. The molecule has 0 bridgehead atoms. The monoisotopic (exact) mass is 374 g/mol. The molecule has 0 aliphatic rings. The van der Waals surface area contributed by atoms with E-state index in [0.29, 0.717) is 23.7 Å². The number of aliphatic carboxylic acids is 1. The van der Waals surface area contributed by atoms with Crippen molar-refractivity contribution in [1.82, 2.24) is 0 Å². The minimum Gasteiger partial charge on any atom is -0.489 e. The van der Waals surface area contributed by atoms with E-state index in [0.717, 1.165) is 31.2 Å². The highest BCUT2D eigenvalue weighted by Gasteiger charge is 2.25. The fraction of sp³-hybridized carbons (Fsp3) is 0.381. The Kier molecular flexibility index (Phi) is 8.35. The van der Waals surface area contributed by atoms with Crippen molar-refractivity contribution < 1.29 is 18.8 Å². The van der Waals surface area contributed by atoms with Gasteiger partial charge < -0.3 is 9.84 Å². The number of rotatable bonds is 11. The van der Waals surface area contributed by atoms with Crippen molar-refractivity contribution in [1.29, 1.82) is 0 Å². The molecule has 2 rings (SSSR count). The maximum Gasteiger partial charge on any atom is 0.319 e. The van der Waals surface area contributed by atoms with Gasteiger partial charge in [0.05, 0.1) is 10.8 Å². The summed E-state index contributed by atoms with van der Waals surface area (Å²) in [7, 11) is -1.56. The standard InChI is InChI=1S/C21H26O4S/c1-2-3-4-8-11-20(21(22)23)26(24)19-14-12-18(13-15-19)25-16-17-9-6-5-7-10-17/h5-7,9-10,12-15,20H,2-4,8,11,16H2,1H3,(H,22,23). The lowest BCUT2D eigenvalue weighted by Crippen LogP contribution is -2.25. The summed E-state index contributed by atoms with van der Waals surface area (Å²) in [5, 5.41) is 8.55. The van der Waals surface area contributed by atoms with Gasteiger partial charge in [0.15, 0.2) is 0 Å². The SMILES string of the molecule is CCCCCCC(C(=O)O)S(=O)c1ccc(OCc2ccccc2)cc1. The number of hydrogen-bond acceptors (Lipinski definition) is 3. The second kappa shape index (κ2) is 10.8. The normalized spacial score (nSPS) is 13.1. The number of carbonyl (C=O) groups is 1. The van der Waals surface area contributed by atoms with Crippen molar-refractivity contribution in [2.75, 3.05) is 0 Å². The third kappa shape index (κ3) is 6.30. The Morgan fingerprint density at radius 2 is 1.73 bits per heavy atom. The molecule has 0 aliphatic heterocycles. The molecule has 2 unspecified atom stereocenters. The van der Waals surface area contributed by atoms with Gasteiger partial charge in [-0.05, 0) is 36.2 Å². The van der Waals surface area contributed by atoms with Gasteiger partial charge >= 0.3 is 5.97 Å². The van der Waals surface area contributed by atoms with E-state index in [2.05, 4.69) is 6.92 Å². The molecular formula is C21H26O4S. The first kappa shape index (κ1) is 20.2. The van der Waals surface area contributed by atoms with E-state index in [1.807, 2.05) is 30.3 Å². The Bertz CT molecular complexity index is 698. The molecule has 5 heteroatoms. The first-order chi connectivity index (χ1) is 12.6. The molecule has 0 aliphatic carbocycles. The van der Waals surface area contributed by atoms with Gasteiger partial charge in [0, 0.05) is 4.90 Å². The average Bonchev–Trinajstić information content (AvgIpc) is 2.67. The van der Waals surface area contributed by atoms with Gasteiger partial charge in [-0.25, -0.2) is 0 Å². The predicted molar refractivity (Wildman–Crippen MR) is 104 cm³/mol. The van der Waals surface area contributed by atoms with Crippen LogP contribution in [0.15, 0.2) is 59.5 Å². The Morgan fingerprint density at radius 1 is 1.04 bits per heavy atom. The Balaban J connectivity index is 1.94. The van der Waals surface area contributed by atoms with Crippen LogP contribution in [0.1, 0.15) is 44.6 Å². The molecular weight excluding hydrogens is 348 g/mol. The average molecular weight is 375 g/mol. The summed E-state index contributed by atoms with van der Waals surface area (Å²) >= 11 is 0. The number of ether oxygens (including phenoxy) is 1. The fourth-order valence-corrected chi connectivity index (χ4v) is 3.95. The van der Waals surface area contributed by atoms with E-state index in [9.17, 15) is 14.1 Å². The molecule has 0 fully saturated rings. The van der Waals surface area contributed by atoms with Gasteiger partial charge in [-0.3, -0.25) is 9.00 Å². The quantitative estimate of drug-likeness (QED) is 0.574. The van der Waals surface area contributed by atoms with E-state index in [1.54, 1.807) is 24.3 Å². The molecule has 4 nitrogen and oxygen atoms in total. The smallest absolute Gasteiger partial charge is 0.319 e. The van der Waals surface area contributed by atoms with Gasteiger partial charge in [0.2, 0.25) is 0 Å². The highest BCUT2D eigenvalue weighted by molar-refractivity contribution is 7.86. The zero-order valence-electron chi connectivity index (χ0n) is 15.1. The molecule has 1 N–H and O–H groups in total. The highest BCUT2D eigenvalue weighted by Crippen LogP contribution is 2.21. The summed E-state index contributed by atoms with van der Waals surface area (Å²) in [5.74, 6) is -0.325. The highest BCUT2D eigenvalue weighted by atomic mass is 32.2. The Morgan fingerprint density at radius 3 is 2.35 bits per heavy atom. The zero-order valence-corrected chi connectivity index (χ0v) is 15.9. The minimum atomic E-state index is -1.56. The largest absolute Gasteiger partial charge is 0.489 e. The molecule has 2 atom stereocenters. The molecule has 0 aromatic heterocycles. The van der Waals surface area contributed by atoms with Crippen LogP contribution < -0.4 is 4.74 Å². The van der Waals surface area contributed by atoms with E-state index in [4.69, 9.17) is 4.74 Å². The molecule has 0 amide bonds. The Hall–Kier alpha value is -2.14. The number of carboxylic acids is 1.